The Balaban J connectivity index is 2.51. The molecular weight excluding hydrogens is 232 g/mol. The molecule has 0 aliphatic heterocycles. The van der Waals surface area contributed by atoms with Crippen molar-refractivity contribution in [1.82, 2.24) is 5.32 Å². The lowest BCUT2D eigenvalue weighted by molar-refractivity contribution is 0.0965. The van der Waals surface area contributed by atoms with Gasteiger partial charge in [0, 0.05) is 12.2 Å². The van der Waals surface area contributed by atoms with Gasteiger partial charge in [-0.3, -0.25) is 0 Å². The number of hydrogen-bond donors (Lipinski definition) is 4. The third-order valence-corrected chi connectivity index (χ3v) is 2.52. The van der Waals surface area contributed by atoms with Crippen molar-refractivity contribution in [1.29, 1.82) is 0 Å². The SMILES string of the molecule is CC(C)c1cccc(NC(=O)NCC(O)CO)c1. The van der Waals surface area contributed by atoms with Crippen molar-refractivity contribution in [3.05, 3.63) is 29.8 Å². The van der Waals surface area contributed by atoms with E-state index >= 15 is 0 Å². The molecule has 0 saturated heterocycles. The molecular formula is C13H20N2O3. The lowest BCUT2D eigenvalue weighted by Gasteiger charge is -2.12. The molecule has 1 aromatic carbocycles. The molecule has 1 rings (SSSR count). The Hall–Kier alpha value is -1.59. The highest BCUT2D eigenvalue weighted by atomic mass is 16.3. The number of urea groups is 1. The number of anilines is 1. The van der Waals surface area contributed by atoms with Crippen molar-refractivity contribution < 1.29 is 15.0 Å². The molecule has 0 aliphatic carbocycles. The van der Waals surface area contributed by atoms with Gasteiger partial charge in [0.1, 0.15) is 0 Å². The van der Waals surface area contributed by atoms with Crippen molar-refractivity contribution in [3.8, 4) is 0 Å². The number of amides is 2. The van der Waals surface area contributed by atoms with Gasteiger partial charge in [0.25, 0.3) is 0 Å². The second kappa shape index (κ2) is 6.98. The standard InChI is InChI=1S/C13H20N2O3/c1-9(2)10-4-3-5-11(6-10)15-13(18)14-7-12(17)8-16/h3-6,9,12,16-17H,7-8H2,1-2H3,(H2,14,15,18). The quantitative estimate of drug-likeness (QED) is 0.637. The fraction of sp³-hybridized carbons (Fsp3) is 0.462. The van der Waals surface area contributed by atoms with Crippen molar-refractivity contribution in [2.24, 2.45) is 0 Å². The van der Waals surface area contributed by atoms with Crippen molar-refractivity contribution in [3.63, 3.8) is 0 Å². The summed E-state index contributed by atoms with van der Waals surface area (Å²) in [4.78, 5) is 11.5. The maximum absolute atomic E-state index is 11.5. The largest absolute Gasteiger partial charge is 0.394 e. The molecule has 100 valence electrons. The second-order valence-electron chi connectivity index (χ2n) is 4.45. The van der Waals surface area contributed by atoms with Gasteiger partial charge in [0.2, 0.25) is 0 Å². The molecule has 0 radical (unpaired) electrons. The van der Waals surface area contributed by atoms with E-state index < -0.39 is 12.1 Å². The van der Waals surface area contributed by atoms with E-state index in [1.54, 1.807) is 6.07 Å². The van der Waals surface area contributed by atoms with Crippen LogP contribution in [0.25, 0.3) is 0 Å². The number of benzene rings is 1. The molecule has 5 nitrogen and oxygen atoms in total. The Kier molecular flexibility index (Phi) is 5.61. The van der Waals surface area contributed by atoms with Gasteiger partial charge in [-0.25, -0.2) is 4.79 Å². The van der Waals surface area contributed by atoms with Crippen LogP contribution in [0.2, 0.25) is 0 Å². The first-order valence-electron chi connectivity index (χ1n) is 5.96. The van der Waals surface area contributed by atoms with E-state index in [2.05, 4.69) is 24.5 Å². The van der Waals surface area contributed by atoms with E-state index in [4.69, 9.17) is 10.2 Å². The molecule has 0 heterocycles. The topological polar surface area (TPSA) is 81.6 Å². The first kappa shape index (κ1) is 14.5. The van der Waals surface area contributed by atoms with Gasteiger partial charge in [-0.15, -0.1) is 0 Å². The highest BCUT2D eigenvalue weighted by Crippen LogP contribution is 2.18. The summed E-state index contributed by atoms with van der Waals surface area (Å²) in [6, 6.07) is 7.20. The van der Waals surface area contributed by atoms with E-state index in [0.29, 0.717) is 11.6 Å². The number of hydrogen-bond acceptors (Lipinski definition) is 3. The Morgan fingerprint density at radius 3 is 2.72 bits per heavy atom. The molecule has 5 heteroatoms. The summed E-state index contributed by atoms with van der Waals surface area (Å²) < 4.78 is 0. The molecule has 0 bridgehead atoms. The minimum atomic E-state index is -0.933. The van der Waals surface area contributed by atoms with Crippen molar-refractivity contribution in [2.45, 2.75) is 25.9 Å². The third kappa shape index (κ3) is 4.73. The molecule has 1 aromatic rings. The predicted octanol–water partition coefficient (Wildman–Crippen LogP) is 1.28. The first-order chi connectivity index (χ1) is 8.52. The summed E-state index contributed by atoms with van der Waals surface area (Å²) in [5.41, 5.74) is 1.85. The van der Waals surface area contributed by atoms with Crippen molar-refractivity contribution >= 4 is 11.7 Å². The van der Waals surface area contributed by atoms with Crippen LogP contribution in [0.5, 0.6) is 0 Å². The summed E-state index contributed by atoms with van der Waals surface area (Å²) >= 11 is 0. The zero-order valence-corrected chi connectivity index (χ0v) is 10.7. The van der Waals surface area contributed by atoms with Crippen LogP contribution in [0.1, 0.15) is 25.3 Å². The summed E-state index contributed by atoms with van der Waals surface area (Å²) in [5, 5.41) is 22.9. The molecule has 4 N–H and O–H groups in total. The smallest absolute Gasteiger partial charge is 0.319 e. The maximum atomic E-state index is 11.5. The molecule has 0 spiro atoms. The predicted molar refractivity (Wildman–Crippen MR) is 70.6 cm³/mol. The van der Waals surface area contributed by atoms with Crippen molar-refractivity contribution in [2.75, 3.05) is 18.5 Å². The minimum absolute atomic E-state index is 0.0200. The number of aliphatic hydroxyl groups is 2. The van der Waals surface area contributed by atoms with E-state index in [0.717, 1.165) is 5.56 Å². The fourth-order valence-electron chi connectivity index (χ4n) is 1.43. The van der Waals surface area contributed by atoms with Crippen LogP contribution in [0.15, 0.2) is 24.3 Å². The number of carbonyl (C=O) groups excluding carboxylic acids is 1. The number of carbonyl (C=O) groups is 1. The Morgan fingerprint density at radius 2 is 2.11 bits per heavy atom. The van der Waals surface area contributed by atoms with Crippen LogP contribution in [-0.2, 0) is 0 Å². The minimum Gasteiger partial charge on any atom is -0.394 e. The number of rotatable bonds is 5. The monoisotopic (exact) mass is 252 g/mol. The van der Waals surface area contributed by atoms with Crippen LogP contribution in [0, 0.1) is 0 Å². The van der Waals surface area contributed by atoms with E-state index in [1.807, 2.05) is 18.2 Å². The fourth-order valence-corrected chi connectivity index (χ4v) is 1.43. The van der Waals surface area contributed by atoms with E-state index in [1.165, 1.54) is 0 Å². The molecule has 2 amide bonds. The average molecular weight is 252 g/mol. The summed E-state index contributed by atoms with van der Waals surface area (Å²) in [6.45, 7) is 3.81. The van der Waals surface area contributed by atoms with Crippen LogP contribution in [-0.4, -0.2) is 35.5 Å². The van der Waals surface area contributed by atoms with Gasteiger partial charge in [-0.1, -0.05) is 26.0 Å². The lowest BCUT2D eigenvalue weighted by Crippen LogP contribution is -2.36. The van der Waals surface area contributed by atoms with Gasteiger partial charge in [0.05, 0.1) is 12.7 Å². The van der Waals surface area contributed by atoms with Gasteiger partial charge in [0.15, 0.2) is 0 Å². The molecule has 0 aromatic heterocycles. The first-order valence-corrected chi connectivity index (χ1v) is 5.96. The van der Waals surface area contributed by atoms with Crippen LogP contribution < -0.4 is 10.6 Å². The third-order valence-electron chi connectivity index (χ3n) is 2.52. The van der Waals surface area contributed by atoms with Crippen LogP contribution in [0.3, 0.4) is 0 Å². The Bertz CT molecular complexity index is 394. The molecule has 0 aliphatic rings. The Labute approximate surface area is 107 Å². The lowest BCUT2D eigenvalue weighted by atomic mass is 10.0. The van der Waals surface area contributed by atoms with E-state index in [9.17, 15) is 4.79 Å². The molecule has 18 heavy (non-hydrogen) atoms. The van der Waals surface area contributed by atoms with Crippen LogP contribution >= 0.6 is 0 Å². The van der Waals surface area contributed by atoms with Gasteiger partial charge < -0.3 is 20.8 Å². The highest BCUT2D eigenvalue weighted by molar-refractivity contribution is 5.89. The highest BCUT2D eigenvalue weighted by Gasteiger charge is 2.06. The molecule has 0 fully saturated rings. The molecule has 1 atom stereocenters. The zero-order chi connectivity index (χ0) is 13.5. The molecule has 1 unspecified atom stereocenters. The van der Waals surface area contributed by atoms with Gasteiger partial charge in [-0.05, 0) is 23.6 Å². The van der Waals surface area contributed by atoms with E-state index in [-0.39, 0.29) is 13.2 Å². The number of aliphatic hydroxyl groups excluding tert-OH is 2. The maximum Gasteiger partial charge on any atom is 0.319 e. The Morgan fingerprint density at radius 1 is 1.39 bits per heavy atom. The zero-order valence-electron chi connectivity index (χ0n) is 10.7. The summed E-state index contributed by atoms with van der Waals surface area (Å²) in [5.74, 6) is 0.394. The number of nitrogens with one attached hydrogen (secondary N) is 2. The van der Waals surface area contributed by atoms with Gasteiger partial charge >= 0.3 is 6.03 Å². The summed E-state index contributed by atoms with van der Waals surface area (Å²) in [7, 11) is 0. The normalized spacial score (nSPS) is 12.3. The second-order valence-corrected chi connectivity index (χ2v) is 4.45. The molecule has 0 saturated carbocycles. The summed E-state index contributed by atoms with van der Waals surface area (Å²) in [6.07, 6.45) is -0.933. The van der Waals surface area contributed by atoms with Gasteiger partial charge in [-0.2, -0.15) is 0 Å². The van der Waals surface area contributed by atoms with Crippen LogP contribution in [0.4, 0.5) is 10.5 Å². The average Bonchev–Trinajstić information content (AvgIpc) is 2.36.